The van der Waals surface area contributed by atoms with Crippen molar-refractivity contribution in [2.24, 2.45) is 0 Å². The van der Waals surface area contributed by atoms with E-state index in [2.05, 4.69) is 27.0 Å². The van der Waals surface area contributed by atoms with Gasteiger partial charge in [0.25, 0.3) is 6.43 Å². The number of piperazine rings is 1. The number of nitrogens with zero attached hydrogens (tertiary/aromatic N) is 3. The molecule has 0 amide bonds. The van der Waals surface area contributed by atoms with Gasteiger partial charge >= 0.3 is 0 Å². The predicted molar refractivity (Wildman–Crippen MR) is 97.4 cm³/mol. The highest BCUT2D eigenvalue weighted by atomic mass is 19.3. The molecule has 1 fully saturated rings. The minimum Gasteiger partial charge on any atom is -0.442 e. The van der Waals surface area contributed by atoms with Gasteiger partial charge in [-0.3, -0.25) is 0 Å². The molecule has 1 aliphatic rings. The van der Waals surface area contributed by atoms with Crippen molar-refractivity contribution in [2.45, 2.75) is 32.9 Å². The van der Waals surface area contributed by atoms with Crippen molar-refractivity contribution in [1.82, 2.24) is 15.2 Å². The summed E-state index contributed by atoms with van der Waals surface area (Å²) in [6, 6.07) is 4.54. The zero-order valence-electron chi connectivity index (χ0n) is 15.6. The maximum atomic E-state index is 13.9. The molecule has 0 saturated carbocycles. The molecule has 1 aromatic carbocycles. The van der Waals surface area contributed by atoms with Gasteiger partial charge < -0.3 is 19.5 Å². The molecule has 0 bridgehead atoms. The largest absolute Gasteiger partial charge is 0.442 e. The SMILES string of the molecule is CCN1CCN(c2ccc(F)cc2C(C)NCc2ncoc2C(F)F)CC1. The van der Waals surface area contributed by atoms with E-state index >= 15 is 0 Å². The number of alkyl halides is 2. The van der Waals surface area contributed by atoms with Gasteiger partial charge in [0.05, 0.1) is 0 Å². The Hall–Kier alpha value is -2.06. The van der Waals surface area contributed by atoms with Crippen LogP contribution in [0.1, 0.15) is 43.3 Å². The summed E-state index contributed by atoms with van der Waals surface area (Å²) in [5.74, 6) is -0.742. The Morgan fingerprint density at radius 2 is 1.96 bits per heavy atom. The van der Waals surface area contributed by atoms with Crippen molar-refractivity contribution in [3.05, 3.63) is 47.4 Å². The van der Waals surface area contributed by atoms with Crippen molar-refractivity contribution in [3.63, 3.8) is 0 Å². The molecule has 148 valence electrons. The highest BCUT2D eigenvalue weighted by molar-refractivity contribution is 5.55. The van der Waals surface area contributed by atoms with E-state index in [0.717, 1.165) is 50.4 Å². The van der Waals surface area contributed by atoms with E-state index in [1.165, 1.54) is 12.1 Å². The molecule has 0 radical (unpaired) electrons. The molecule has 0 spiro atoms. The number of likely N-dealkylation sites (N-methyl/N-ethyl adjacent to an activating group) is 1. The van der Waals surface area contributed by atoms with Crippen LogP contribution in [-0.4, -0.2) is 42.6 Å². The summed E-state index contributed by atoms with van der Waals surface area (Å²) in [6.07, 6.45) is -1.69. The fourth-order valence-corrected chi connectivity index (χ4v) is 3.41. The van der Waals surface area contributed by atoms with E-state index in [-0.39, 0.29) is 24.1 Å². The van der Waals surface area contributed by atoms with Gasteiger partial charge in [0.2, 0.25) is 0 Å². The Labute approximate surface area is 157 Å². The van der Waals surface area contributed by atoms with Crippen LogP contribution in [0.25, 0.3) is 0 Å². The summed E-state index contributed by atoms with van der Waals surface area (Å²) < 4.78 is 44.5. The first-order chi connectivity index (χ1) is 13.0. The van der Waals surface area contributed by atoms with E-state index in [1.807, 2.05) is 6.92 Å². The third kappa shape index (κ3) is 4.62. The number of hydrogen-bond donors (Lipinski definition) is 1. The van der Waals surface area contributed by atoms with Gasteiger partial charge in [-0.05, 0) is 37.2 Å². The molecular formula is C19H25F3N4O. The maximum absolute atomic E-state index is 13.9. The second-order valence-electron chi connectivity index (χ2n) is 6.69. The fourth-order valence-electron chi connectivity index (χ4n) is 3.41. The Kier molecular flexibility index (Phi) is 6.38. The summed E-state index contributed by atoms with van der Waals surface area (Å²) in [5, 5.41) is 3.16. The molecule has 1 atom stereocenters. The normalized spacial score (nSPS) is 16.9. The lowest BCUT2D eigenvalue weighted by Crippen LogP contribution is -2.46. The van der Waals surface area contributed by atoms with E-state index in [4.69, 9.17) is 4.42 Å². The van der Waals surface area contributed by atoms with Gasteiger partial charge in [0.15, 0.2) is 12.2 Å². The minimum absolute atomic E-state index is 0.122. The van der Waals surface area contributed by atoms with Gasteiger partial charge in [-0.15, -0.1) is 0 Å². The molecule has 1 N–H and O–H groups in total. The maximum Gasteiger partial charge on any atom is 0.297 e. The van der Waals surface area contributed by atoms with Crippen molar-refractivity contribution in [2.75, 3.05) is 37.6 Å². The average molecular weight is 382 g/mol. The lowest BCUT2D eigenvalue weighted by atomic mass is 10.0. The van der Waals surface area contributed by atoms with Crippen LogP contribution in [0, 0.1) is 5.82 Å². The number of aromatic nitrogens is 1. The van der Waals surface area contributed by atoms with E-state index < -0.39 is 12.2 Å². The highest BCUT2D eigenvalue weighted by Crippen LogP contribution is 2.29. The minimum atomic E-state index is -2.71. The number of halogens is 3. The molecule has 2 heterocycles. The molecule has 1 saturated heterocycles. The van der Waals surface area contributed by atoms with Gasteiger partial charge in [-0.1, -0.05) is 6.92 Å². The molecule has 5 nitrogen and oxygen atoms in total. The first kappa shape index (κ1) is 19.7. The van der Waals surface area contributed by atoms with Crippen molar-refractivity contribution < 1.29 is 17.6 Å². The molecule has 1 aliphatic heterocycles. The Balaban J connectivity index is 1.73. The van der Waals surface area contributed by atoms with Crippen LogP contribution in [0.15, 0.2) is 29.0 Å². The topological polar surface area (TPSA) is 44.5 Å². The van der Waals surface area contributed by atoms with E-state index in [0.29, 0.717) is 0 Å². The van der Waals surface area contributed by atoms with Gasteiger partial charge in [0.1, 0.15) is 11.5 Å². The molecule has 1 aromatic heterocycles. The zero-order valence-corrected chi connectivity index (χ0v) is 15.6. The van der Waals surface area contributed by atoms with Crippen LogP contribution in [-0.2, 0) is 6.54 Å². The predicted octanol–water partition coefficient (Wildman–Crippen LogP) is 3.74. The molecule has 27 heavy (non-hydrogen) atoms. The summed E-state index contributed by atoms with van der Waals surface area (Å²) in [5.41, 5.74) is 1.95. The monoisotopic (exact) mass is 382 g/mol. The quantitative estimate of drug-likeness (QED) is 0.790. The second-order valence-corrected chi connectivity index (χ2v) is 6.69. The average Bonchev–Trinajstić information content (AvgIpc) is 3.15. The fraction of sp³-hybridized carbons (Fsp3) is 0.526. The van der Waals surface area contributed by atoms with Crippen LogP contribution < -0.4 is 10.2 Å². The van der Waals surface area contributed by atoms with Gasteiger partial charge in [0, 0.05) is 44.5 Å². The summed E-state index contributed by atoms with van der Waals surface area (Å²) >= 11 is 0. The molecule has 8 heteroatoms. The Bertz CT molecular complexity index is 744. The number of hydrogen-bond acceptors (Lipinski definition) is 5. The summed E-state index contributed by atoms with van der Waals surface area (Å²) in [4.78, 5) is 8.47. The number of anilines is 1. The number of oxazole rings is 1. The lowest BCUT2D eigenvalue weighted by molar-refractivity contribution is 0.120. The summed E-state index contributed by atoms with van der Waals surface area (Å²) in [7, 11) is 0. The van der Waals surface area contributed by atoms with Crippen LogP contribution in [0.5, 0.6) is 0 Å². The van der Waals surface area contributed by atoms with Gasteiger partial charge in [-0.2, -0.15) is 0 Å². The lowest BCUT2D eigenvalue weighted by Gasteiger charge is -2.37. The van der Waals surface area contributed by atoms with Crippen molar-refractivity contribution in [3.8, 4) is 0 Å². The highest BCUT2D eigenvalue weighted by Gasteiger charge is 2.22. The molecule has 3 rings (SSSR count). The summed E-state index contributed by atoms with van der Waals surface area (Å²) in [6.45, 7) is 8.85. The van der Waals surface area contributed by atoms with E-state index in [1.54, 1.807) is 6.07 Å². The molecular weight excluding hydrogens is 357 g/mol. The number of rotatable bonds is 7. The third-order valence-corrected chi connectivity index (χ3v) is 5.06. The molecule has 1 unspecified atom stereocenters. The molecule has 2 aromatic rings. The smallest absolute Gasteiger partial charge is 0.297 e. The van der Waals surface area contributed by atoms with Crippen LogP contribution in [0.3, 0.4) is 0 Å². The Morgan fingerprint density at radius 1 is 1.22 bits per heavy atom. The van der Waals surface area contributed by atoms with Crippen LogP contribution in [0.2, 0.25) is 0 Å². The van der Waals surface area contributed by atoms with Gasteiger partial charge in [-0.25, -0.2) is 18.2 Å². The first-order valence-electron chi connectivity index (χ1n) is 9.20. The second kappa shape index (κ2) is 8.75. The van der Waals surface area contributed by atoms with Crippen molar-refractivity contribution in [1.29, 1.82) is 0 Å². The molecule has 0 aliphatic carbocycles. The zero-order chi connectivity index (χ0) is 19.4. The first-order valence-corrected chi connectivity index (χ1v) is 9.20. The number of nitrogens with one attached hydrogen (secondary N) is 1. The Morgan fingerprint density at radius 3 is 2.63 bits per heavy atom. The van der Waals surface area contributed by atoms with Crippen LogP contribution in [0.4, 0.5) is 18.9 Å². The van der Waals surface area contributed by atoms with Crippen molar-refractivity contribution >= 4 is 5.69 Å². The third-order valence-electron chi connectivity index (χ3n) is 5.06. The number of benzene rings is 1. The standard InChI is InChI=1S/C19H25F3N4O/c1-3-25-6-8-26(9-7-25)17-5-4-14(20)10-15(17)13(2)23-11-16-18(19(21)22)27-12-24-16/h4-5,10,12-13,19,23H,3,6-9,11H2,1-2H3. The van der Waals surface area contributed by atoms with E-state index in [9.17, 15) is 13.2 Å². The van der Waals surface area contributed by atoms with Crippen LogP contribution >= 0.6 is 0 Å².